The highest BCUT2D eigenvalue weighted by Crippen LogP contribution is 2.30. The largest absolute Gasteiger partial charge is 0.349 e. The van der Waals surface area contributed by atoms with E-state index in [1.54, 1.807) is 11.3 Å². The van der Waals surface area contributed by atoms with Gasteiger partial charge in [-0.3, -0.25) is 4.79 Å². The zero-order valence-corrected chi connectivity index (χ0v) is 16.9. The summed E-state index contributed by atoms with van der Waals surface area (Å²) in [5.74, 6) is 1.14. The van der Waals surface area contributed by atoms with Gasteiger partial charge in [0.05, 0.1) is 11.8 Å². The zero-order chi connectivity index (χ0) is 18.7. The predicted octanol–water partition coefficient (Wildman–Crippen LogP) is 4.13. The van der Waals surface area contributed by atoms with Crippen LogP contribution in [0.2, 0.25) is 0 Å². The van der Waals surface area contributed by atoms with Crippen molar-refractivity contribution in [1.82, 2.24) is 20.1 Å². The second-order valence-corrected chi connectivity index (χ2v) is 8.21. The Kier molecular flexibility index (Phi) is 5.78. The van der Waals surface area contributed by atoms with Crippen LogP contribution in [0.5, 0.6) is 0 Å². The molecule has 0 fully saturated rings. The van der Waals surface area contributed by atoms with E-state index in [4.69, 9.17) is 0 Å². The number of carbonyl (C=O) groups is 1. The molecule has 0 aliphatic heterocycles. The minimum absolute atomic E-state index is 0.0153. The molecule has 1 N–H and O–H groups in total. The van der Waals surface area contributed by atoms with Crippen LogP contribution in [0.25, 0.3) is 11.4 Å². The van der Waals surface area contributed by atoms with Crippen molar-refractivity contribution in [3.63, 3.8) is 0 Å². The molecule has 0 radical (unpaired) electrons. The number of amides is 1. The SMILES string of the molecule is Cc1scc(-c2nnc(SCC(=O)NC(C)c3ccccc3)n2C)c1C. The smallest absolute Gasteiger partial charge is 0.230 e. The van der Waals surface area contributed by atoms with Gasteiger partial charge in [0.1, 0.15) is 0 Å². The maximum absolute atomic E-state index is 12.3. The van der Waals surface area contributed by atoms with E-state index in [2.05, 4.69) is 34.7 Å². The van der Waals surface area contributed by atoms with Crippen LogP contribution in [0.15, 0.2) is 40.9 Å². The van der Waals surface area contributed by atoms with E-state index in [0.29, 0.717) is 5.75 Å². The van der Waals surface area contributed by atoms with Gasteiger partial charge < -0.3 is 9.88 Å². The molecular weight excluding hydrogens is 364 g/mol. The van der Waals surface area contributed by atoms with Crippen molar-refractivity contribution in [3.8, 4) is 11.4 Å². The average molecular weight is 387 g/mol. The van der Waals surface area contributed by atoms with Crippen LogP contribution in [-0.2, 0) is 11.8 Å². The Hall–Kier alpha value is -2.12. The first-order valence-electron chi connectivity index (χ1n) is 8.39. The van der Waals surface area contributed by atoms with Gasteiger partial charge in [-0.1, -0.05) is 42.1 Å². The summed E-state index contributed by atoms with van der Waals surface area (Å²) >= 11 is 3.12. The van der Waals surface area contributed by atoms with Crippen LogP contribution in [0.1, 0.15) is 29.0 Å². The van der Waals surface area contributed by atoms with Crippen LogP contribution in [0.3, 0.4) is 0 Å². The molecule has 0 bridgehead atoms. The minimum Gasteiger partial charge on any atom is -0.349 e. The number of aromatic nitrogens is 3. The Bertz CT molecular complexity index is 902. The van der Waals surface area contributed by atoms with Gasteiger partial charge in [-0.2, -0.15) is 0 Å². The van der Waals surface area contributed by atoms with Crippen LogP contribution in [0, 0.1) is 13.8 Å². The van der Waals surface area contributed by atoms with E-state index in [-0.39, 0.29) is 11.9 Å². The number of hydrogen-bond donors (Lipinski definition) is 1. The molecule has 3 aromatic rings. The lowest BCUT2D eigenvalue weighted by Crippen LogP contribution is -2.28. The van der Waals surface area contributed by atoms with Gasteiger partial charge in [-0.15, -0.1) is 21.5 Å². The molecule has 0 saturated heterocycles. The minimum atomic E-state index is -0.0178. The Morgan fingerprint density at radius 1 is 1.27 bits per heavy atom. The second kappa shape index (κ2) is 8.05. The zero-order valence-electron chi connectivity index (χ0n) is 15.3. The molecule has 2 heterocycles. The maximum atomic E-state index is 12.3. The Balaban J connectivity index is 1.62. The van der Waals surface area contributed by atoms with Crippen LogP contribution in [-0.4, -0.2) is 26.4 Å². The average Bonchev–Trinajstić information content (AvgIpc) is 3.16. The van der Waals surface area contributed by atoms with E-state index < -0.39 is 0 Å². The summed E-state index contributed by atoms with van der Waals surface area (Å²) in [6, 6.07) is 9.92. The highest BCUT2D eigenvalue weighted by molar-refractivity contribution is 7.99. The quantitative estimate of drug-likeness (QED) is 0.647. The number of nitrogens with one attached hydrogen (secondary N) is 1. The van der Waals surface area contributed by atoms with Crippen molar-refractivity contribution in [3.05, 3.63) is 51.7 Å². The predicted molar refractivity (Wildman–Crippen MR) is 108 cm³/mol. The molecule has 5 nitrogen and oxygen atoms in total. The number of thiophene rings is 1. The second-order valence-electron chi connectivity index (χ2n) is 6.18. The number of rotatable bonds is 6. The molecule has 1 amide bonds. The molecule has 1 atom stereocenters. The lowest BCUT2D eigenvalue weighted by Gasteiger charge is -2.13. The van der Waals surface area contributed by atoms with Gasteiger partial charge in [0, 0.05) is 22.9 Å². The molecule has 26 heavy (non-hydrogen) atoms. The summed E-state index contributed by atoms with van der Waals surface area (Å²) in [6.45, 7) is 6.19. The monoisotopic (exact) mass is 386 g/mol. The fourth-order valence-corrected chi connectivity index (χ4v) is 4.23. The normalized spacial score (nSPS) is 12.2. The molecule has 0 aliphatic carbocycles. The third kappa shape index (κ3) is 3.99. The maximum Gasteiger partial charge on any atom is 0.230 e. The number of hydrogen-bond acceptors (Lipinski definition) is 5. The number of benzene rings is 1. The third-order valence-corrected chi connectivity index (χ3v) is 6.40. The number of nitrogens with zero attached hydrogens (tertiary/aromatic N) is 3. The van der Waals surface area contributed by atoms with Gasteiger partial charge in [0.15, 0.2) is 11.0 Å². The van der Waals surface area contributed by atoms with Gasteiger partial charge in [-0.05, 0) is 31.9 Å². The third-order valence-electron chi connectivity index (χ3n) is 4.37. The number of carbonyl (C=O) groups excluding carboxylic acids is 1. The van der Waals surface area contributed by atoms with E-state index >= 15 is 0 Å². The topological polar surface area (TPSA) is 59.8 Å². The van der Waals surface area contributed by atoms with Gasteiger partial charge in [-0.25, -0.2) is 0 Å². The Morgan fingerprint density at radius 3 is 2.65 bits per heavy atom. The van der Waals surface area contributed by atoms with Crippen molar-refractivity contribution in [2.75, 3.05) is 5.75 Å². The standard InChI is InChI=1S/C19H22N4OS2/c1-12-14(3)25-10-16(12)18-21-22-19(23(18)4)26-11-17(24)20-13(2)15-8-6-5-7-9-15/h5-10,13H,11H2,1-4H3,(H,20,24). The molecule has 0 aliphatic rings. The molecule has 0 saturated carbocycles. The van der Waals surface area contributed by atoms with Crippen LogP contribution < -0.4 is 5.32 Å². The molecule has 2 aromatic heterocycles. The summed E-state index contributed by atoms with van der Waals surface area (Å²) in [7, 11) is 1.94. The fraction of sp³-hybridized carbons (Fsp3) is 0.316. The van der Waals surface area contributed by atoms with Crippen molar-refractivity contribution in [1.29, 1.82) is 0 Å². The first-order chi connectivity index (χ1) is 12.5. The summed E-state index contributed by atoms with van der Waals surface area (Å²) < 4.78 is 1.95. The van der Waals surface area contributed by atoms with Gasteiger partial charge in [0.25, 0.3) is 0 Å². The first kappa shape index (κ1) is 18.7. The van der Waals surface area contributed by atoms with Crippen molar-refractivity contribution in [2.24, 2.45) is 7.05 Å². The van der Waals surface area contributed by atoms with Crippen molar-refractivity contribution >= 4 is 29.0 Å². The van der Waals surface area contributed by atoms with Crippen LogP contribution in [0.4, 0.5) is 0 Å². The van der Waals surface area contributed by atoms with E-state index in [1.165, 1.54) is 22.2 Å². The summed E-state index contributed by atoms with van der Waals surface area (Å²) in [5.41, 5.74) is 3.43. The van der Waals surface area contributed by atoms with Gasteiger partial charge >= 0.3 is 0 Å². The lowest BCUT2D eigenvalue weighted by atomic mass is 10.1. The highest BCUT2D eigenvalue weighted by atomic mass is 32.2. The summed E-state index contributed by atoms with van der Waals surface area (Å²) in [6.07, 6.45) is 0. The fourth-order valence-electron chi connectivity index (χ4n) is 2.65. The molecule has 1 aromatic carbocycles. The van der Waals surface area contributed by atoms with Gasteiger partial charge in [0.2, 0.25) is 5.91 Å². The molecule has 3 rings (SSSR count). The molecule has 1 unspecified atom stereocenters. The molecule has 0 spiro atoms. The van der Waals surface area contributed by atoms with E-state index in [1.807, 2.05) is 48.9 Å². The summed E-state index contributed by atoms with van der Waals surface area (Å²) in [5, 5.41) is 14.4. The molecule has 136 valence electrons. The highest BCUT2D eigenvalue weighted by Gasteiger charge is 2.17. The molecular formula is C19H22N4OS2. The lowest BCUT2D eigenvalue weighted by molar-refractivity contribution is -0.119. The number of aryl methyl sites for hydroxylation is 1. The summed E-state index contributed by atoms with van der Waals surface area (Å²) in [4.78, 5) is 13.5. The Morgan fingerprint density at radius 2 is 2.00 bits per heavy atom. The van der Waals surface area contributed by atoms with Crippen LogP contribution >= 0.6 is 23.1 Å². The first-order valence-corrected chi connectivity index (χ1v) is 10.3. The van der Waals surface area contributed by atoms with Crippen molar-refractivity contribution < 1.29 is 4.79 Å². The van der Waals surface area contributed by atoms with E-state index in [0.717, 1.165) is 22.1 Å². The molecule has 7 heteroatoms. The van der Waals surface area contributed by atoms with E-state index in [9.17, 15) is 4.79 Å². The number of thioether (sulfide) groups is 1. The van der Waals surface area contributed by atoms with Crippen molar-refractivity contribution in [2.45, 2.75) is 32.0 Å². The Labute approximate surface area is 161 Å².